The minimum Gasteiger partial charge on any atom is -0.332 e. The van der Waals surface area contributed by atoms with E-state index in [1.165, 1.54) is 60.9 Å². The largest absolute Gasteiger partial charge is 0.332 e. The lowest BCUT2D eigenvalue weighted by Gasteiger charge is -2.40. The van der Waals surface area contributed by atoms with E-state index < -0.39 is 0 Å². The molecule has 0 bridgehead atoms. The van der Waals surface area contributed by atoms with E-state index in [1.54, 1.807) is 5.57 Å². The number of hydrogen-bond donors (Lipinski definition) is 0. The van der Waals surface area contributed by atoms with Crippen molar-refractivity contribution < 1.29 is 0 Å². The number of pyridine rings is 1. The standard InChI is InChI=1S/C50H38N2/c1-3-15-37(16-4-1)50(38-17-5-2-6-18-38)43-21-9-7-19-39(43)40-28-26-36(32-44(40)50)35-27-29-46-42(31-35)41-20-8-10-22-45(41)52(46)47-23-11-13-33-24-25-34-14-12-30-51-49(34)48(33)47/h1-18,20-28,30-32,39-40,44,46H,19,29H2. The molecule has 0 spiro atoms. The minimum atomic E-state index is -0.231. The van der Waals surface area contributed by atoms with E-state index in [-0.39, 0.29) is 11.5 Å². The Morgan fingerprint density at radius 3 is 2.27 bits per heavy atom. The molecule has 0 saturated heterocycles. The summed E-state index contributed by atoms with van der Waals surface area (Å²) in [6, 6.07) is 47.2. The van der Waals surface area contributed by atoms with Crippen LogP contribution in [0, 0.1) is 17.8 Å². The van der Waals surface area contributed by atoms with E-state index in [2.05, 4.69) is 175 Å². The lowest BCUT2D eigenvalue weighted by atomic mass is 9.62. The predicted molar refractivity (Wildman–Crippen MR) is 215 cm³/mol. The summed E-state index contributed by atoms with van der Waals surface area (Å²) < 4.78 is 0. The van der Waals surface area contributed by atoms with Crippen molar-refractivity contribution in [3.05, 3.63) is 216 Å². The monoisotopic (exact) mass is 666 g/mol. The van der Waals surface area contributed by atoms with Gasteiger partial charge in [0, 0.05) is 39.6 Å². The third-order valence-corrected chi connectivity index (χ3v) is 12.6. The van der Waals surface area contributed by atoms with E-state index in [0.717, 1.165) is 18.4 Å². The topological polar surface area (TPSA) is 16.1 Å². The van der Waals surface area contributed by atoms with Crippen molar-refractivity contribution in [1.29, 1.82) is 0 Å². The maximum Gasteiger partial charge on any atom is 0.0801 e. The molecule has 1 aliphatic heterocycles. The number of benzene rings is 5. The molecule has 2 nitrogen and oxygen atoms in total. The average molecular weight is 667 g/mol. The third kappa shape index (κ3) is 4.15. The van der Waals surface area contributed by atoms with Gasteiger partial charge in [0.05, 0.1) is 17.2 Å². The molecular weight excluding hydrogens is 629 g/mol. The number of hydrogen-bond acceptors (Lipinski definition) is 2. The van der Waals surface area contributed by atoms with Gasteiger partial charge in [-0.3, -0.25) is 4.98 Å². The number of allylic oxidation sites excluding steroid dienone is 10. The van der Waals surface area contributed by atoms with Crippen molar-refractivity contribution >= 4 is 38.6 Å². The highest BCUT2D eigenvalue weighted by molar-refractivity contribution is 6.14. The molecule has 11 rings (SSSR count). The van der Waals surface area contributed by atoms with Crippen molar-refractivity contribution in [3.8, 4) is 0 Å². The zero-order valence-electron chi connectivity index (χ0n) is 28.9. The van der Waals surface area contributed by atoms with Crippen LogP contribution in [0.2, 0.25) is 0 Å². The van der Waals surface area contributed by atoms with Crippen molar-refractivity contribution in [1.82, 2.24) is 4.98 Å². The Hall–Kier alpha value is -5.99. The first kappa shape index (κ1) is 29.7. The Balaban J connectivity index is 1.05. The van der Waals surface area contributed by atoms with Crippen molar-refractivity contribution in [3.63, 3.8) is 0 Å². The van der Waals surface area contributed by atoms with Gasteiger partial charge in [-0.2, -0.15) is 0 Å². The highest BCUT2D eigenvalue weighted by Gasteiger charge is 2.57. The van der Waals surface area contributed by atoms with Gasteiger partial charge in [0.25, 0.3) is 0 Å². The molecule has 0 amide bonds. The van der Waals surface area contributed by atoms with Crippen LogP contribution in [0.5, 0.6) is 0 Å². The van der Waals surface area contributed by atoms with Crippen LogP contribution in [0.1, 0.15) is 29.5 Å². The first-order valence-corrected chi connectivity index (χ1v) is 18.8. The molecule has 52 heavy (non-hydrogen) atoms. The van der Waals surface area contributed by atoms with Gasteiger partial charge < -0.3 is 4.90 Å². The first-order valence-electron chi connectivity index (χ1n) is 18.8. The van der Waals surface area contributed by atoms with Gasteiger partial charge in [0.1, 0.15) is 0 Å². The molecule has 0 radical (unpaired) electrons. The zero-order valence-corrected chi connectivity index (χ0v) is 28.9. The molecule has 4 aliphatic carbocycles. The van der Waals surface area contributed by atoms with Gasteiger partial charge in [-0.05, 0) is 82.2 Å². The van der Waals surface area contributed by atoms with Crippen LogP contribution in [0.4, 0.5) is 11.4 Å². The van der Waals surface area contributed by atoms with Crippen LogP contribution in [0.3, 0.4) is 0 Å². The summed E-state index contributed by atoms with van der Waals surface area (Å²) in [5.41, 5.74) is 13.1. The van der Waals surface area contributed by atoms with Crippen LogP contribution in [0.15, 0.2) is 199 Å². The second kappa shape index (κ2) is 11.5. The maximum absolute atomic E-state index is 4.91. The summed E-state index contributed by atoms with van der Waals surface area (Å²) in [7, 11) is 0. The van der Waals surface area contributed by atoms with Gasteiger partial charge in [0.15, 0.2) is 0 Å². The second-order valence-corrected chi connectivity index (χ2v) is 14.9. The molecule has 5 aliphatic rings. The Bertz CT molecular complexity index is 2560. The quantitative estimate of drug-likeness (QED) is 0.174. The maximum atomic E-state index is 4.91. The first-order chi connectivity index (χ1) is 25.8. The van der Waals surface area contributed by atoms with Crippen molar-refractivity contribution in [2.45, 2.75) is 24.3 Å². The number of aromatic nitrogens is 1. The second-order valence-electron chi connectivity index (χ2n) is 14.9. The van der Waals surface area contributed by atoms with E-state index in [1.807, 2.05) is 12.3 Å². The van der Waals surface area contributed by atoms with Gasteiger partial charge >= 0.3 is 0 Å². The molecule has 2 heterocycles. The number of fused-ring (bicyclic) bond motifs is 9. The van der Waals surface area contributed by atoms with E-state index in [9.17, 15) is 0 Å². The normalized spacial score (nSPS) is 23.7. The van der Waals surface area contributed by atoms with E-state index >= 15 is 0 Å². The summed E-state index contributed by atoms with van der Waals surface area (Å²) in [6.45, 7) is 0. The molecule has 6 aromatic rings. The van der Waals surface area contributed by atoms with Crippen LogP contribution in [-0.2, 0) is 5.41 Å². The minimum absolute atomic E-state index is 0.213. The fraction of sp³-hybridized carbons (Fsp3) is 0.140. The highest BCUT2D eigenvalue weighted by atomic mass is 15.2. The highest BCUT2D eigenvalue weighted by Crippen LogP contribution is 2.63. The van der Waals surface area contributed by atoms with E-state index in [4.69, 9.17) is 4.98 Å². The molecule has 1 aromatic heterocycles. The summed E-state index contributed by atoms with van der Waals surface area (Å²) >= 11 is 0. The summed E-state index contributed by atoms with van der Waals surface area (Å²) in [4.78, 5) is 7.49. The SMILES string of the molecule is C1=CCC2C(=C1)C(c1ccccc1)(c1ccccc1)C1C=C(C3=CCC4C(=C3)c3ccccc3N4c3cccc4ccc5cccnc5c34)C=CC21. The molecule has 1 saturated carbocycles. The summed E-state index contributed by atoms with van der Waals surface area (Å²) in [6.07, 6.45) is 23.7. The molecule has 4 atom stereocenters. The van der Waals surface area contributed by atoms with Crippen LogP contribution in [-0.4, -0.2) is 11.0 Å². The number of para-hydroxylation sites is 1. The molecular formula is C50H38N2. The number of nitrogens with zero attached hydrogens (tertiary/aromatic N) is 2. The Labute approximate surface area is 305 Å². The Morgan fingerprint density at radius 2 is 1.42 bits per heavy atom. The van der Waals surface area contributed by atoms with Crippen molar-refractivity contribution in [2.75, 3.05) is 4.90 Å². The Kier molecular flexibility index (Phi) is 6.58. The molecule has 0 N–H and O–H groups in total. The lowest BCUT2D eigenvalue weighted by molar-refractivity contribution is 0.393. The number of anilines is 2. The lowest BCUT2D eigenvalue weighted by Crippen LogP contribution is -2.35. The van der Waals surface area contributed by atoms with Crippen LogP contribution < -0.4 is 4.90 Å². The summed E-state index contributed by atoms with van der Waals surface area (Å²) in [5.74, 6) is 1.21. The fourth-order valence-corrected chi connectivity index (χ4v) is 10.5. The number of rotatable bonds is 4. The van der Waals surface area contributed by atoms with Gasteiger partial charge in [0.2, 0.25) is 0 Å². The fourth-order valence-electron chi connectivity index (χ4n) is 10.5. The van der Waals surface area contributed by atoms with E-state index in [0.29, 0.717) is 17.8 Å². The molecule has 2 heteroatoms. The molecule has 4 unspecified atom stereocenters. The summed E-state index contributed by atoms with van der Waals surface area (Å²) in [5, 5.41) is 3.62. The molecule has 1 fully saturated rings. The molecule has 5 aromatic carbocycles. The van der Waals surface area contributed by atoms with Gasteiger partial charge in [-0.25, -0.2) is 0 Å². The third-order valence-electron chi connectivity index (χ3n) is 12.6. The average Bonchev–Trinajstić information content (AvgIpc) is 3.71. The van der Waals surface area contributed by atoms with Crippen molar-refractivity contribution in [2.24, 2.45) is 17.8 Å². The van der Waals surface area contributed by atoms with Crippen LogP contribution in [0.25, 0.3) is 27.2 Å². The predicted octanol–water partition coefficient (Wildman–Crippen LogP) is 11.9. The van der Waals surface area contributed by atoms with Crippen LogP contribution >= 0.6 is 0 Å². The Morgan fingerprint density at radius 1 is 0.673 bits per heavy atom. The van der Waals surface area contributed by atoms with Gasteiger partial charge in [-0.15, -0.1) is 0 Å². The zero-order chi connectivity index (χ0) is 34.2. The molecule has 248 valence electrons. The van der Waals surface area contributed by atoms with Gasteiger partial charge in [-0.1, -0.05) is 157 Å². The smallest absolute Gasteiger partial charge is 0.0801 e.